The van der Waals surface area contributed by atoms with Crippen LogP contribution in [0.3, 0.4) is 0 Å². The van der Waals surface area contributed by atoms with Crippen molar-refractivity contribution in [2.75, 3.05) is 39.4 Å². The molecule has 0 amide bonds. The Morgan fingerprint density at radius 3 is 3.21 bits per heavy atom. The molecule has 0 saturated carbocycles. The first-order chi connectivity index (χ1) is 6.92. The molecule has 2 fully saturated rings. The summed E-state index contributed by atoms with van der Waals surface area (Å²) in [7, 11) is 0. The Balaban J connectivity index is 1.78. The number of rotatable bonds is 4. The van der Waals surface area contributed by atoms with Crippen molar-refractivity contribution in [3.05, 3.63) is 0 Å². The van der Waals surface area contributed by atoms with E-state index in [0.29, 0.717) is 0 Å². The molecular weight excluding hydrogens is 176 g/mol. The zero-order chi connectivity index (χ0) is 9.80. The fourth-order valence-electron chi connectivity index (χ4n) is 2.77. The SMILES string of the molecule is CCOCCN1CCCC2CNCC21. The lowest BCUT2D eigenvalue weighted by atomic mass is 9.92. The quantitative estimate of drug-likeness (QED) is 0.673. The van der Waals surface area contributed by atoms with Crippen LogP contribution in [0.5, 0.6) is 0 Å². The summed E-state index contributed by atoms with van der Waals surface area (Å²) in [6.45, 7) is 8.63. The molecule has 0 aromatic carbocycles. The van der Waals surface area contributed by atoms with Gasteiger partial charge in [0.2, 0.25) is 0 Å². The normalized spacial score (nSPS) is 33.2. The third kappa shape index (κ3) is 2.27. The van der Waals surface area contributed by atoms with Crippen LogP contribution < -0.4 is 5.32 Å². The predicted octanol–water partition coefficient (Wildman–Crippen LogP) is 0.707. The highest BCUT2D eigenvalue weighted by atomic mass is 16.5. The highest BCUT2D eigenvalue weighted by Crippen LogP contribution is 2.25. The van der Waals surface area contributed by atoms with Gasteiger partial charge in [0.05, 0.1) is 6.61 Å². The van der Waals surface area contributed by atoms with Crippen LogP contribution in [-0.2, 0) is 4.74 Å². The van der Waals surface area contributed by atoms with Crippen LogP contribution >= 0.6 is 0 Å². The van der Waals surface area contributed by atoms with Crippen molar-refractivity contribution < 1.29 is 4.74 Å². The maximum atomic E-state index is 5.42. The molecule has 0 aromatic rings. The zero-order valence-electron chi connectivity index (χ0n) is 9.17. The van der Waals surface area contributed by atoms with Gasteiger partial charge in [-0.15, -0.1) is 0 Å². The van der Waals surface area contributed by atoms with Crippen LogP contribution in [0.4, 0.5) is 0 Å². The third-order valence-corrected chi connectivity index (χ3v) is 3.52. The van der Waals surface area contributed by atoms with E-state index in [0.717, 1.165) is 31.7 Å². The first-order valence-electron chi connectivity index (χ1n) is 5.94. The highest BCUT2D eigenvalue weighted by molar-refractivity contribution is 4.91. The minimum absolute atomic E-state index is 0.796. The molecular formula is C11H22N2O. The van der Waals surface area contributed by atoms with Crippen LogP contribution in [0.15, 0.2) is 0 Å². The summed E-state index contributed by atoms with van der Waals surface area (Å²) in [5.74, 6) is 0.908. The van der Waals surface area contributed by atoms with Crippen molar-refractivity contribution in [2.24, 2.45) is 5.92 Å². The first kappa shape index (κ1) is 10.4. The van der Waals surface area contributed by atoms with Gasteiger partial charge < -0.3 is 10.1 Å². The Bertz CT molecular complexity index is 175. The van der Waals surface area contributed by atoms with Crippen molar-refractivity contribution in [3.8, 4) is 0 Å². The second kappa shape index (κ2) is 5.10. The maximum absolute atomic E-state index is 5.42. The Morgan fingerprint density at radius 2 is 2.36 bits per heavy atom. The van der Waals surface area contributed by atoms with E-state index in [-0.39, 0.29) is 0 Å². The first-order valence-corrected chi connectivity index (χ1v) is 5.94. The molecule has 0 spiro atoms. The van der Waals surface area contributed by atoms with E-state index in [9.17, 15) is 0 Å². The molecule has 1 N–H and O–H groups in total. The number of fused-ring (bicyclic) bond motifs is 1. The smallest absolute Gasteiger partial charge is 0.0593 e. The van der Waals surface area contributed by atoms with Gasteiger partial charge in [0.25, 0.3) is 0 Å². The molecule has 3 heteroatoms. The second-order valence-corrected chi connectivity index (χ2v) is 4.36. The lowest BCUT2D eigenvalue weighted by molar-refractivity contribution is 0.0681. The molecule has 82 valence electrons. The Morgan fingerprint density at radius 1 is 1.43 bits per heavy atom. The van der Waals surface area contributed by atoms with E-state index >= 15 is 0 Å². The van der Waals surface area contributed by atoms with E-state index in [2.05, 4.69) is 17.1 Å². The molecule has 2 heterocycles. The Hall–Kier alpha value is -0.120. The van der Waals surface area contributed by atoms with Crippen molar-refractivity contribution >= 4 is 0 Å². The summed E-state index contributed by atoms with van der Waals surface area (Å²) in [4.78, 5) is 2.61. The number of nitrogens with one attached hydrogen (secondary N) is 1. The van der Waals surface area contributed by atoms with Crippen molar-refractivity contribution in [2.45, 2.75) is 25.8 Å². The fourth-order valence-corrected chi connectivity index (χ4v) is 2.77. The summed E-state index contributed by atoms with van der Waals surface area (Å²) < 4.78 is 5.42. The molecule has 2 atom stereocenters. The molecule has 2 unspecified atom stereocenters. The van der Waals surface area contributed by atoms with Crippen LogP contribution in [0.2, 0.25) is 0 Å². The van der Waals surface area contributed by atoms with E-state index in [1.54, 1.807) is 0 Å². The number of piperidine rings is 1. The lowest BCUT2D eigenvalue weighted by Gasteiger charge is -2.36. The number of hydrogen-bond donors (Lipinski definition) is 1. The molecule has 2 aliphatic rings. The monoisotopic (exact) mass is 198 g/mol. The molecule has 0 radical (unpaired) electrons. The van der Waals surface area contributed by atoms with Gasteiger partial charge in [-0.3, -0.25) is 4.90 Å². The summed E-state index contributed by atoms with van der Waals surface area (Å²) in [6.07, 6.45) is 2.79. The molecule has 3 nitrogen and oxygen atoms in total. The van der Waals surface area contributed by atoms with Crippen molar-refractivity contribution in [1.82, 2.24) is 10.2 Å². The zero-order valence-corrected chi connectivity index (χ0v) is 9.17. The second-order valence-electron chi connectivity index (χ2n) is 4.36. The summed E-state index contributed by atoms with van der Waals surface area (Å²) >= 11 is 0. The van der Waals surface area contributed by atoms with E-state index in [4.69, 9.17) is 4.74 Å². The topological polar surface area (TPSA) is 24.5 Å². The minimum atomic E-state index is 0.796. The minimum Gasteiger partial charge on any atom is -0.380 e. The largest absolute Gasteiger partial charge is 0.380 e. The molecule has 2 aliphatic heterocycles. The van der Waals surface area contributed by atoms with E-state index < -0.39 is 0 Å². The summed E-state index contributed by atoms with van der Waals surface area (Å²) in [5.41, 5.74) is 0. The van der Waals surface area contributed by atoms with E-state index in [1.165, 1.54) is 32.5 Å². The van der Waals surface area contributed by atoms with Crippen LogP contribution in [-0.4, -0.2) is 50.3 Å². The third-order valence-electron chi connectivity index (χ3n) is 3.52. The van der Waals surface area contributed by atoms with Gasteiger partial charge in [-0.05, 0) is 38.8 Å². The number of ether oxygens (including phenoxy) is 1. The molecule has 0 aliphatic carbocycles. The van der Waals surface area contributed by atoms with Gasteiger partial charge in [-0.1, -0.05) is 0 Å². The standard InChI is InChI=1S/C11H22N2O/c1-2-14-7-6-13-5-3-4-10-8-12-9-11(10)13/h10-12H,2-9H2,1H3. The average molecular weight is 198 g/mol. The van der Waals surface area contributed by atoms with Crippen molar-refractivity contribution in [1.29, 1.82) is 0 Å². The number of likely N-dealkylation sites (tertiary alicyclic amines) is 1. The molecule has 2 saturated heterocycles. The predicted molar refractivity (Wildman–Crippen MR) is 57.4 cm³/mol. The molecule has 0 bridgehead atoms. The van der Waals surface area contributed by atoms with Gasteiger partial charge in [0.1, 0.15) is 0 Å². The van der Waals surface area contributed by atoms with Gasteiger partial charge in [-0.25, -0.2) is 0 Å². The summed E-state index contributed by atoms with van der Waals surface area (Å²) in [6, 6.07) is 0.796. The van der Waals surface area contributed by atoms with Crippen molar-refractivity contribution in [3.63, 3.8) is 0 Å². The van der Waals surface area contributed by atoms with Gasteiger partial charge >= 0.3 is 0 Å². The van der Waals surface area contributed by atoms with E-state index in [1.807, 2.05) is 0 Å². The Kier molecular flexibility index (Phi) is 3.79. The maximum Gasteiger partial charge on any atom is 0.0593 e. The Labute approximate surface area is 86.8 Å². The van der Waals surface area contributed by atoms with Crippen LogP contribution in [0.25, 0.3) is 0 Å². The van der Waals surface area contributed by atoms with Gasteiger partial charge in [0, 0.05) is 25.7 Å². The lowest BCUT2D eigenvalue weighted by Crippen LogP contribution is -2.46. The molecule has 2 rings (SSSR count). The highest BCUT2D eigenvalue weighted by Gasteiger charge is 2.34. The van der Waals surface area contributed by atoms with Gasteiger partial charge in [0.15, 0.2) is 0 Å². The number of hydrogen-bond acceptors (Lipinski definition) is 3. The fraction of sp³-hybridized carbons (Fsp3) is 1.00. The number of nitrogens with zero attached hydrogens (tertiary/aromatic N) is 1. The summed E-state index contributed by atoms with van der Waals surface area (Å²) in [5, 5.41) is 3.50. The average Bonchev–Trinajstić information content (AvgIpc) is 2.67. The van der Waals surface area contributed by atoms with Gasteiger partial charge in [-0.2, -0.15) is 0 Å². The van der Waals surface area contributed by atoms with Crippen LogP contribution in [0, 0.1) is 5.92 Å². The molecule has 0 aromatic heterocycles. The molecule has 14 heavy (non-hydrogen) atoms. The van der Waals surface area contributed by atoms with Crippen LogP contribution in [0.1, 0.15) is 19.8 Å².